The first kappa shape index (κ1) is 15.2. The van der Waals surface area contributed by atoms with Crippen molar-refractivity contribution in [1.29, 1.82) is 0 Å². The Kier molecular flexibility index (Phi) is 8.41. The maximum atomic E-state index is 11.0. The summed E-state index contributed by atoms with van der Waals surface area (Å²) in [6.45, 7) is 1.85. The van der Waals surface area contributed by atoms with Gasteiger partial charge in [0.1, 0.15) is 0 Å². The van der Waals surface area contributed by atoms with E-state index in [1.54, 1.807) is 18.2 Å². The molecule has 0 heterocycles. The van der Waals surface area contributed by atoms with Crippen molar-refractivity contribution in [3.63, 3.8) is 0 Å². The van der Waals surface area contributed by atoms with Gasteiger partial charge >= 0.3 is 29.0 Å². The molecule has 0 unspecified atom stereocenters. The number of hydrogen-bond donors (Lipinski definition) is 0. The zero-order valence-electron chi connectivity index (χ0n) is 7.63. The molecule has 0 amide bonds. The molecular weight excluding hydrogens is 200 g/mol. The quantitative estimate of drug-likeness (QED) is 0.310. The van der Waals surface area contributed by atoms with Gasteiger partial charge in [0.15, 0.2) is 0 Å². The molecule has 13 heavy (non-hydrogen) atoms. The Bertz CT molecular complexity index is 276. The van der Waals surface area contributed by atoms with Gasteiger partial charge in [-0.25, -0.2) is 4.79 Å². The van der Waals surface area contributed by atoms with Crippen molar-refractivity contribution in [2.24, 2.45) is 0 Å². The Morgan fingerprint density at radius 2 is 2.15 bits per heavy atom. The van der Waals surface area contributed by atoms with Crippen LogP contribution in [0.1, 0.15) is 15.9 Å². The maximum Gasteiger partial charge on any atom is 2.00 e. The van der Waals surface area contributed by atoms with Crippen molar-refractivity contribution in [1.82, 2.24) is 0 Å². The molecule has 0 aliphatic rings. The second-order valence-electron chi connectivity index (χ2n) is 2.23. The Balaban J connectivity index is 0. The van der Waals surface area contributed by atoms with Crippen molar-refractivity contribution < 1.29 is 21.9 Å². The van der Waals surface area contributed by atoms with Crippen LogP contribution in [0.15, 0.2) is 18.2 Å². The fraction of sp³-hybridized carbons (Fsp3) is 0.222. The summed E-state index contributed by atoms with van der Waals surface area (Å²) >= 11 is 0. The van der Waals surface area contributed by atoms with Gasteiger partial charge in [0.05, 0.1) is 7.11 Å². The number of ether oxygens (including phenoxy) is 1. The molecule has 0 N–H and O–H groups in total. The van der Waals surface area contributed by atoms with E-state index in [1.165, 1.54) is 7.11 Å². The van der Waals surface area contributed by atoms with E-state index in [4.69, 9.17) is 0 Å². The van der Waals surface area contributed by atoms with Gasteiger partial charge < -0.3 is 17.1 Å². The van der Waals surface area contributed by atoms with E-state index in [0.717, 1.165) is 5.56 Å². The monoisotopic (exact) mass is 208 g/mol. The SMILES string of the molecule is COC(=O)c1cc[c-]cc1C.[Cl-].[Mg+2]. The van der Waals surface area contributed by atoms with Crippen molar-refractivity contribution >= 4 is 29.0 Å². The third-order valence-electron chi connectivity index (χ3n) is 1.48. The van der Waals surface area contributed by atoms with Crippen molar-refractivity contribution in [2.75, 3.05) is 7.11 Å². The van der Waals surface area contributed by atoms with Crippen LogP contribution < -0.4 is 12.4 Å². The summed E-state index contributed by atoms with van der Waals surface area (Å²) in [4.78, 5) is 11.0. The van der Waals surface area contributed by atoms with Crippen LogP contribution in [0, 0.1) is 13.0 Å². The van der Waals surface area contributed by atoms with E-state index >= 15 is 0 Å². The van der Waals surface area contributed by atoms with Gasteiger partial charge in [-0.05, 0) is 5.56 Å². The van der Waals surface area contributed by atoms with Crippen molar-refractivity contribution in [2.45, 2.75) is 6.92 Å². The van der Waals surface area contributed by atoms with Gasteiger partial charge in [-0.1, -0.05) is 6.92 Å². The van der Waals surface area contributed by atoms with Crippen LogP contribution in [0.3, 0.4) is 0 Å². The number of hydrogen-bond acceptors (Lipinski definition) is 2. The molecule has 0 spiro atoms. The summed E-state index contributed by atoms with van der Waals surface area (Å²) in [6, 6.07) is 8.02. The third kappa shape index (κ3) is 3.98. The molecule has 4 heteroatoms. The van der Waals surface area contributed by atoms with Gasteiger partial charge in [-0.2, -0.15) is 24.3 Å². The van der Waals surface area contributed by atoms with Crippen molar-refractivity contribution in [3.05, 3.63) is 35.4 Å². The summed E-state index contributed by atoms with van der Waals surface area (Å²) in [5.74, 6) is -0.295. The van der Waals surface area contributed by atoms with Crippen LogP contribution in [0.25, 0.3) is 0 Å². The van der Waals surface area contributed by atoms with Crippen LogP contribution in [-0.2, 0) is 4.74 Å². The first-order valence-electron chi connectivity index (χ1n) is 3.30. The Morgan fingerprint density at radius 1 is 1.54 bits per heavy atom. The largest absolute Gasteiger partial charge is 2.00 e. The van der Waals surface area contributed by atoms with Gasteiger partial charge in [-0.3, -0.25) is 0 Å². The molecule has 1 aromatic rings. The molecule has 66 valence electrons. The first-order chi connectivity index (χ1) is 5.25. The fourth-order valence-electron chi connectivity index (χ4n) is 0.853. The average molecular weight is 209 g/mol. The molecule has 1 aromatic carbocycles. The number of methoxy groups -OCH3 is 1. The minimum atomic E-state index is -0.295. The topological polar surface area (TPSA) is 26.3 Å². The summed E-state index contributed by atoms with van der Waals surface area (Å²) in [6.07, 6.45) is 0. The molecule has 0 aliphatic heterocycles. The summed E-state index contributed by atoms with van der Waals surface area (Å²) in [7, 11) is 1.37. The fourth-order valence-corrected chi connectivity index (χ4v) is 0.853. The van der Waals surface area contributed by atoms with E-state index in [-0.39, 0.29) is 41.4 Å². The minimum absolute atomic E-state index is 0. The molecule has 1 rings (SSSR count). The average Bonchev–Trinajstić information content (AvgIpc) is 2.04. The third-order valence-corrected chi connectivity index (χ3v) is 1.48. The van der Waals surface area contributed by atoms with Gasteiger partial charge in [0, 0.05) is 0 Å². The molecular formula is C9H9ClMgO2. The van der Waals surface area contributed by atoms with Crippen LogP contribution in [0.4, 0.5) is 0 Å². The number of esters is 1. The molecule has 0 aromatic heterocycles. The standard InChI is InChI=1S/C9H9O2.ClH.Mg/c1-7-5-3-4-6-8(7)9(10)11-2;;/h4-6H,1-2H3;1H;/q-1;;+2/p-1. The first-order valence-corrected chi connectivity index (χ1v) is 3.30. The Hall–Kier alpha value is -0.254. The minimum Gasteiger partial charge on any atom is -1.00 e. The van der Waals surface area contributed by atoms with E-state index in [9.17, 15) is 4.79 Å². The molecule has 0 saturated heterocycles. The Morgan fingerprint density at radius 3 is 2.62 bits per heavy atom. The summed E-state index contributed by atoms with van der Waals surface area (Å²) < 4.78 is 4.56. The Labute approximate surface area is 100 Å². The molecule has 0 fully saturated rings. The smallest absolute Gasteiger partial charge is 1.00 e. The summed E-state index contributed by atoms with van der Waals surface area (Å²) in [5, 5.41) is 0. The summed E-state index contributed by atoms with van der Waals surface area (Å²) in [5.41, 5.74) is 1.49. The molecule has 0 aliphatic carbocycles. The number of carbonyl (C=O) groups excluding carboxylic acids is 1. The zero-order chi connectivity index (χ0) is 8.27. The molecule has 0 bridgehead atoms. The zero-order valence-corrected chi connectivity index (χ0v) is 9.80. The number of rotatable bonds is 1. The van der Waals surface area contributed by atoms with Crippen LogP contribution in [0.2, 0.25) is 0 Å². The van der Waals surface area contributed by atoms with Gasteiger partial charge in [0.25, 0.3) is 0 Å². The number of benzene rings is 1. The number of carbonyl (C=O) groups is 1. The molecule has 2 nitrogen and oxygen atoms in total. The predicted octanol–water partition coefficient (Wildman–Crippen LogP) is -1.79. The number of halogens is 1. The number of aryl methyl sites for hydroxylation is 1. The van der Waals surface area contributed by atoms with E-state index in [2.05, 4.69) is 10.8 Å². The normalized spacial score (nSPS) is 7.85. The van der Waals surface area contributed by atoms with Crippen LogP contribution in [-0.4, -0.2) is 36.1 Å². The maximum absolute atomic E-state index is 11.0. The predicted molar refractivity (Wildman–Crippen MR) is 47.1 cm³/mol. The second-order valence-corrected chi connectivity index (χ2v) is 2.23. The van der Waals surface area contributed by atoms with Crippen LogP contribution >= 0.6 is 0 Å². The van der Waals surface area contributed by atoms with E-state index in [0.29, 0.717) is 5.56 Å². The molecule has 0 saturated carbocycles. The van der Waals surface area contributed by atoms with E-state index in [1.807, 2.05) is 6.92 Å². The molecule has 0 atom stereocenters. The second kappa shape index (κ2) is 7.18. The van der Waals surface area contributed by atoms with E-state index < -0.39 is 0 Å². The van der Waals surface area contributed by atoms with Crippen LogP contribution in [0.5, 0.6) is 0 Å². The van der Waals surface area contributed by atoms with Gasteiger partial charge in [0.2, 0.25) is 0 Å². The van der Waals surface area contributed by atoms with Crippen molar-refractivity contribution in [3.8, 4) is 0 Å². The van der Waals surface area contributed by atoms with Gasteiger partial charge in [-0.15, -0.1) is 5.56 Å². The molecule has 0 radical (unpaired) electrons.